The molecule has 0 radical (unpaired) electrons. The Kier molecular flexibility index (Phi) is 7.30. The third-order valence-corrected chi connectivity index (χ3v) is 6.63. The first kappa shape index (κ1) is 23.5. The van der Waals surface area contributed by atoms with Gasteiger partial charge in [-0.2, -0.15) is 0 Å². The van der Waals surface area contributed by atoms with Crippen molar-refractivity contribution >= 4 is 52.6 Å². The molecule has 2 aliphatic heterocycles. The zero-order valence-electron chi connectivity index (χ0n) is 17.4. The van der Waals surface area contributed by atoms with Crippen molar-refractivity contribution in [3.05, 3.63) is 40.0 Å². The van der Waals surface area contributed by atoms with E-state index in [-0.39, 0.29) is 17.1 Å². The number of aryl methyl sites for hydroxylation is 1. The van der Waals surface area contributed by atoms with Gasteiger partial charge in [-0.3, -0.25) is 14.5 Å². The van der Waals surface area contributed by atoms with Gasteiger partial charge in [-0.15, -0.1) is 23.1 Å². The van der Waals surface area contributed by atoms with Crippen LogP contribution < -0.4 is 5.32 Å². The van der Waals surface area contributed by atoms with Crippen LogP contribution >= 0.6 is 23.1 Å². The summed E-state index contributed by atoms with van der Waals surface area (Å²) in [5, 5.41) is 8.15. The number of hydrogen-bond donors (Lipinski definition) is 1. The molecular formula is C19H20N4O7S2. The van der Waals surface area contributed by atoms with E-state index in [0.717, 1.165) is 0 Å². The fraction of sp³-hybridized carbons (Fsp3) is 0.368. The Hall–Kier alpha value is -3.19. The Labute approximate surface area is 191 Å². The van der Waals surface area contributed by atoms with Crippen molar-refractivity contribution < 1.29 is 33.5 Å². The summed E-state index contributed by atoms with van der Waals surface area (Å²) >= 11 is 2.67. The number of carbonyl (C=O) groups is 4. The number of hydrogen-bond acceptors (Lipinski definition) is 11. The molecule has 2 aliphatic rings. The number of β-lactam (4-membered cyclic amide) rings is 1. The van der Waals surface area contributed by atoms with E-state index >= 15 is 0 Å². The predicted molar refractivity (Wildman–Crippen MR) is 116 cm³/mol. The molecule has 3 heterocycles. The van der Waals surface area contributed by atoms with Crippen LogP contribution in [0.5, 0.6) is 0 Å². The van der Waals surface area contributed by atoms with Crippen LogP contribution in [0.2, 0.25) is 0 Å². The Morgan fingerprint density at radius 3 is 2.72 bits per heavy atom. The highest BCUT2D eigenvalue weighted by molar-refractivity contribution is 8.00. The van der Waals surface area contributed by atoms with Gasteiger partial charge in [0, 0.05) is 11.1 Å². The average molecular weight is 481 g/mol. The summed E-state index contributed by atoms with van der Waals surface area (Å²) in [6.07, 6.45) is 1.50. The van der Waals surface area contributed by atoms with Crippen molar-refractivity contribution in [1.29, 1.82) is 0 Å². The maximum absolute atomic E-state index is 12.9. The number of esters is 2. The second-order valence-electron chi connectivity index (χ2n) is 6.47. The standard InChI is InChI=1S/C19H20N4O7S2/c1-5-10-7-32-18-14(17(26)23(18)15(10)19(27)29-4)21-16(25)13(11-8-31-9(2)20-11)22-30-6-12(24)28-3/h5,8,14,18H,1,6-7H2,2-4H3,(H,21,25)/b22-13-. The molecule has 1 fully saturated rings. The van der Waals surface area contributed by atoms with Gasteiger partial charge in [0.2, 0.25) is 6.61 Å². The van der Waals surface area contributed by atoms with Crippen LogP contribution in [-0.2, 0) is 33.5 Å². The van der Waals surface area contributed by atoms with Gasteiger partial charge in [0.25, 0.3) is 11.8 Å². The maximum Gasteiger partial charge on any atom is 0.355 e. The Bertz CT molecular complexity index is 1030. The molecule has 1 aromatic heterocycles. The van der Waals surface area contributed by atoms with Crippen LogP contribution in [0.4, 0.5) is 0 Å². The largest absolute Gasteiger partial charge is 0.466 e. The summed E-state index contributed by atoms with van der Waals surface area (Å²) in [6, 6.07) is -0.899. The topological polar surface area (TPSA) is 136 Å². The quantitative estimate of drug-likeness (QED) is 0.242. The number of allylic oxidation sites excluding steroid dienone is 1. The molecule has 3 rings (SSSR count). The fourth-order valence-electron chi connectivity index (χ4n) is 2.98. The molecule has 2 unspecified atom stereocenters. The minimum Gasteiger partial charge on any atom is -0.466 e. The van der Waals surface area contributed by atoms with Crippen LogP contribution in [0.1, 0.15) is 10.7 Å². The zero-order chi connectivity index (χ0) is 23.4. The number of oxime groups is 1. The third kappa shape index (κ3) is 4.53. The van der Waals surface area contributed by atoms with E-state index in [1.54, 1.807) is 12.3 Å². The van der Waals surface area contributed by atoms with Gasteiger partial charge in [-0.25, -0.2) is 14.6 Å². The number of nitrogens with one attached hydrogen (secondary N) is 1. The highest BCUT2D eigenvalue weighted by Gasteiger charge is 2.54. The number of fused-ring (bicyclic) bond motifs is 1. The molecule has 0 aromatic carbocycles. The van der Waals surface area contributed by atoms with Crippen molar-refractivity contribution in [2.24, 2.45) is 5.16 Å². The van der Waals surface area contributed by atoms with Gasteiger partial charge in [0.05, 0.1) is 19.2 Å². The molecule has 2 amide bonds. The van der Waals surface area contributed by atoms with Crippen molar-refractivity contribution in [2.75, 3.05) is 26.6 Å². The Morgan fingerprint density at radius 1 is 1.38 bits per heavy atom. The van der Waals surface area contributed by atoms with Crippen LogP contribution in [0.25, 0.3) is 0 Å². The number of thiazole rings is 1. The molecular weight excluding hydrogens is 460 g/mol. The lowest BCUT2D eigenvalue weighted by Gasteiger charge is -2.49. The normalized spacial score (nSPS) is 20.2. The van der Waals surface area contributed by atoms with Gasteiger partial charge in [-0.05, 0) is 12.5 Å². The van der Waals surface area contributed by atoms with E-state index in [1.807, 2.05) is 0 Å². The molecule has 32 heavy (non-hydrogen) atoms. The lowest BCUT2D eigenvalue weighted by Crippen LogP contribution is -2.71. The van der Waals surface area contributed by atoms with Crippen LogP contribution in [-0.4, -0.2) is 77.3 Å². The Balaban J connectivity index is 1.79. The minimum absolute atomic E-state index is 0.118. The fourth-order valence-corrected chi connectivity index (χ4v) is 4.92. The summed E-state index contributed by atoms with van der Waals surface area (Å²) in [4.78, 5) is 59.6. The lowest BCUT2D eigenvalue weighted by molar-refractivity contribution is -0.151. The molecule has 0 spiro atoms. The second-order valence-corrected chi connectivity index (χ2v) is 8.64. The first-order valence-electron chi connectivity index (χ1n) is 9.21. The van der Waals surface area contributed by atoms with E-state index < -0.39 is 41.8 Å². The number of rotatable bonds is 8. The summed E-state index contributed by atoms with van der Waals surface area (Å²) in [6.45, 7) is 4.93. The van der Waals surface area contributed by atoms with E-state index in [1.165, 1.54) is 48.3 Å². The monoisotopic (exact) mass is 480 g/mol. The molecule has 0 aliphatic carbocycles. The molecule has 0 bridgehead atoms. The van der Waals surface area contributed by atoms with Crippen molar-refractivity contribution in [3.63, 3.8) is 0 Å². The number of amides is 2. The second kappa shape index (κ2) is 9.96. The number of aromatic nitrogens is 1. The lowest BCUT2D eigenvalue weighted by atomic mass is 10.0. The SMILES string of the molecule is C=CC1=C(C(=O)OC)N2C(=O)C(NC(=O)/C(=N\OCC(=O)OC)c3csc(C)n3)C2SC1. The number of thioether (sulfide) groups is 1. The highest BCUT2D eigenvalue weighted by Crippen LogP contribution is 2.40. The van der Waals surface area contributed by atoms with Crippen LogP contribution in [0, 0.1) is 6.92 Å². The highest BCUT2D eigenvalue weighted by atomic mass is 32.2. The minimum atomic E-state index is -0.899. The van der Waals surface area contributed by atoms with Crippen molar-refractivity contribution in [1.82, 2.24) is 15.2 Å². The first-order valence-corrected chi connectivity index (χ1v) is 11.1. The van der Waals surface area contributed by atoms with Crippen molar-refractivity contribution in [3.8, 4) is 0 Å². The van der Waals surface area contributed by atoms with E-state index in [4.69, 9.17) is 9.57 Å². The smallest absolute Gasteiger partial charge is 0.355 e. The van der Waals surface area contributed by atoms with Crippen LogP contribution in [0.3, 0.4) is 0 Å². The zero-order valence-corrected chi connectivity index (χ0v) is 19.1. The van der Waals surface area contributed by atoms with Gasteiger partial charge in [0.15, 0.2) is 5.71 Å². The predicted octanol–water partition coefficient (Wildman–Crippen LogP) is 0.358. The molecule has 11 nitrogen and oxygen atoms in total. The molecule has 1 aromatic rings. The summed E-state index contributed by atoms with van der Waals surface area (Å²) in [5.41, 5.74) is 0.736. The number of methoxy groups -OCH3 is 2. The maximum atomic E-state index is 12.9. The molecule has 1 N–H and O–H groups in total. The van der Waals surface area contributed by atoms with E-state index in [2.05, 4.69) is 26.8 Å². The van der Waals surface area contributed by atoms with Gasteiger partial charge in [0.1, 0.15) is 22.8 Å². The summed E-state index contributed by atoms with van der Waals surface area (Å²) in [5.74, 6) is -2.09. The first-order chi connectivity index (χ1) is 15.3. The summed E-state index contributed by atoms with van der Waals surface area (Å²) in [7, 11) is 2.42. The van der Waals surface area contributed by atoms with E-state index in [0.29, 0.717) is 16.3 Å². The number of nitrogens with zero attached hydrogens (tertiary/aromatic N) is 3. The van der Waals surface area contributed by atoms with Gasteiger partial charge < -0.3 is 19.6 Å². The van der Waals surface area contributed by atoms with Crippen molar-refractivity contribution in [2.45, 2.75) is 18.3 Å². The number of carbonyl (C=O) groups excluding carboxylic acids is 4. The molecule has 1 saturated heterocycles. The third-order valence-electron chi connectivity index (χ3n) is 4.55. The van der Waals surface area contributed by atoms with Gasteiger partial charge in [-0.1, -0.05) is 17.8 Å². The number of ether oxygens (including phenoxy) is 2. The molecule has 170 valence electrons. The molecule has 13 heteroatoms. The average Bonchev–Trinajstić information content (AvgIpc) is 3.23. The van der Waals surface area contributed by atoms with Crippen LogP contribution in [0.15, 0.2) is 34.5 Å². The molecule has 0 saturated carbocycles. The summed E-state index contributed by atoms with van der Waals surface area (Å²) < 4.78 is 9.27. The van der Waals surface area contributed by atoms with Gasteiger partial charge >= 0.3 is 11.9 Å². The molecule has 2 atom stereocenters. The van der Waals surface area contributed by atoms with E-state index in [9.17, 15) is 19.2 Å². The Morgan fingerprint density at radius 2 is 2.12 bits per heavy atom.